The first-order valence-corrected chi connectivity index (χ1v) is 12.6. The number of nitrogens with zero attached hydrogens (tertiary/aromatic N) is 2. The lowest BCUT2D eigenvalue weighted by Crippen LogP contribution is -2.42. The lowest BCUT2D eigenvalue weighted by Gasteiger charge is -2.19. The second-order valence-electron chi connectivity index (χ2n) is 8.49. The zero-order valence-electron chi connectivity index (χ0n) is 17.3. The molecular weight excluding hydrogens is 399 g/mol. The fourth-order valence-corrected chi connectivity index (χ4v) is 4.27. The van der Waals surface area contributed by atoms with Gasteiger partial charge in [0, 0.05) is 19.8 Å². The Bertz CT molecular complexity index is 916. The molecular formula is C19H31N2O7P. The van der Waals surface area contributed by atoms with Gasteiger partial charge in [-0.25, -0.2) is 4.79 Å². The number of carbonyl (C=O) groups is 1. The van der Waals surface area contributed by atoms with Crippen LogP contribution in [-0.4, -0.2) is 74.5 Å². The fraction of sp³-hybridized carbons (Fsp3) is 0.684. The molecule has 1 aromatic heterocycles. The topological polar surface area (TPSA) is 131 Å². The number of aliphatic carboxylic acids is 1. The minimum atomic E-state index is -1.35. The molecule has 2 rings (SSSR count). The summed E-state index contributed by atoms with van der Waals surface area (Å²) in [5, 5.41) is 29.9. The van der Waals surface area contributed by atoms with Crippen LogP contribution in [0.5, 0.6) is 0 Å². The normalized spacial score (nSPS) is 25.9. The van der Waals surface area contributed by atoms with E-state index >= 15 is 0 Å². The number of aryl methyl sites for hydroxylation is 1. The maximum absolute atomic E-state index is 12.9. The van der Waals surface area contributed by atoms with Crippen LogP contribution in [0.15, 0.2) is 15.8 Å². The number of rotatable bonds is 8. The van der Waals surface area contributed by atoms with Gasteiger partial charge in [-0.1, -0.05) is 6.92 Å². The van der Waals surface area contributed by atoms with Crippen molar-refractivity contribution in [3.8, 4) is 0 Å². The van der Waals surface area contributed by atoms with Crippen molar-refractivity contribution in [2.75, 3.05) is 19.5 Å². The predicted octanol–water partition coefficient (Wildman–Crippen LogP) is -0.0812. The van der Waals surface area contributed by atoms with E-state index in [1.54, 1.807) is 0 Å². The van der Waals surface area contributed by atoms with Gasteiger partial charge in [-0.05, 0) is 32.3 Å². The number of aromatic nitrogens is 2. The maximum Gasteiger partial charge on any atom is 0.330 e. The second-order valence-corrected chi connectivity index (χ2v) is 12.8. The number of hydrogen-bond donors (Lipinski definition) is 3. The summed E-state index contributed by atoms with van der Waals surface area (Å²) < 4.78 is 7.98. The Morgan fingerprint density at radius 3 is 2.48 bits per heavy atom. The second kappa shape index (κ2) is 9.00. The minimum absolute atomic E-state index is 0.0628. The Balaban J connectivity index is 2.32. The molecule has 1 aromatic rings. The Labute approximate surface area is 169 Å². The molecule has 164 valence electrons. The molecule has 1 aliphatic rings. The Morgan fingerprint density at radius 2 is 1.93 bits per heavy atom. The third kappa shape index (κ3) is 5.48. The number of carboxylic acids is 1. The molecule has 1 aliphatic heterocycles. The molecule has 0 spiro atoms. The molecule has 0 aromatic carbocycles. The van der Waals surface area contributed by atoms with Crippen LogP contribution in [0.3, 0.4) is 0 Å². The van der Waals surface area contributed by atoms with Crippen LogP contribution in [0, 0.1) is 5.92 Å². The maximum atomic E-state index is 12.9. The first-order chi connectivity index (χ1) is 13.3. The van der Waals surface area contributed by atoms with Crippen LogP contribution in [0.4, 0.5) is 0 Å². The molecule has 9 nitrogen and oxygen atoms in total. The van der Waals surface area contributed by atoms with Gasteiger partial charge >= 0.3 is 11.7 Å². The molecule has 3 N–H and O–H groups in total. The van der Waals surface area contributed by atoms with Gasteiger partial charge < -0.3 is 24.6 Å². The van der Waals surface area contributed by atoms with Gasteiger partial charge in [0.25, 0.3) is 5.56 Å². The van der Waals surface area contributed by atoms with Gasteiger partial charge in [-0.2, -0.15) is 0 Å². The predicted molar refractivity (Wildman–Crippen MR) is 112 cm³/mol. The summed E-state index contributed by atoms with van der Waals surface area (Å²) in [4.78, 5) is 36.3. The van der Waals surface area contributed by atoms with Crippen LogP contribution in [0.25, 0.3) is 0 Å². The highest BCUT2D eigenvalue weighted by Crippen LogP contribution is 2.40. The molecule has 0 radical (unpaired) electrons. The number of carboxylic acid groups (broad SMARTS) is 1. The van der Waals surface area contributed by atoms with E-state index in [-0.39, 0.29) is 18.5 Å². The van der Waals surface area contributed by atoms with Crippen molar-refractivity contribution in [2.24, 2.45) is 13.0 Å². The first-order valence-electron chi connectivity index (χ1n) is 9.55. The van der Waals surface area contributed by atoms with Crippen LogP contribution < -0.4 is 11.2 Å². The highest BCUT2D eigenvalue weighted by molar-refractivity contribution is 7.72. The average molecular weight is 430 g/mol. The van der Waals surface area contributed by atoms with Crippen LogP contribution in [0.1, 0.15) is 31.4 Å². The van der Waals surface area contributed by atoms with E-state index in [2.05, 4.69) is 19.6 Å². The molecule has 2 heterocycles. The van der Waals surface area contributed by atoms with Crippen LogP contribution in [-0.2, 0) is 23.1 Å². The molecule has 3 unspecified atom stereocenters. The zero-order valence-corrected chi connectivity index (χ0v) is 18.2. The lowest BCUT2D eigenvalue weighted by molar-refractivity contribution is -0.141. The quantitative estimate of drug-likeness (QED) is 0.492. The van der Waals surface area contributed by atoms with E-state index in [0.717, 1.165) is 10.7 Å². The molecule has 0 amide bonds. The molecule has 1 fully saturated rings. The number of aliphatic hydroxyl groups excluding tert-OH is 2. The van der Waals surface area contributed by atoms with E-state index < -0.39 is 54.4 Å². The third-order valence-electron chi connectivity index (χ3n) is 5.25. The van der Waals surface area contributed by atoms with Gasteiger partial charge in [0.2, 0.25) is 0 Å². The average Bonchev–Trinajstić information content (AvgIpc) is 2.90. The van der Waals surface area contributed by atoms with Gasteiger partial charge in [-0.3, -0.25) is 14.2 Å². The van der Waals surface area contributed by atoms with Crippen molar-refractivity contribution in [1.82, 2.24) is 9.13 Å². The molecule has 0 saturated carbocycles. The highest BCUT2D eigenvalue weighted by Gasteiger charge is 2.44. The van der Waals surface area contributed by atoms with Crippen LogP contribution in [0.2, 0.25) is 0 Å². The zero-order chi connectivity index (χ0) is 22.1. The molecule has 0 bridgehead atoms. The summed E-state index contributed by atoms with van der Waals surface area (Å²) in [6, 6.07) is 0. The molecule has 10 heteroatoms. The van der Waals surface area contributed by atoms with Crippen molar-refractivity contribution in [2.45, 2.75) is 50.7 Å². The van der Waals surface area contributed by atoms with Crippen molar-refractivity contribution >= 4 is 19.2 Å². The molecule has 29 heavy (non-hydrogen) atoms. The largest absolute Gasteiger partial charge is 0.481 e. The smallest absolute Gasteiger partial charge is 0.330 e. The number of hydrogen-bond acceptors (Lipinski definition) is 6. The minimum Gasteiger partial charge on any atom is -0.481 e. The van der Waals surface area contributed by atoms with Gasteiger partial charge in [0.05, 0.1) is 17.6 Å². The molecule has 1 saturated heterocycles. The van der Waals surface area contributed by atoms with Gasteiger partial charge in [-0.15, -0.1) is 13.2 Å². The van der Waals surface area contributed by atoms with E-state index in [9.17, 15) is 24.6 Å². The lowest BCUT2D eigenvalue weighted by atomic mass is 10.0. The van der Waals surface area contributed by atoms with Gasteiger partial charge in [0.1, 0.15) is 18.3 Å². The monoisotopic (exact) mass is 430 g/mol. The van der Waals surface area contributed by atoms with Crippen molar-refractivity contribution in [3.05, 3.63) is 32.6 Å². The van der Waals surface area contributed by atoms with E-state index in [1.807, 2.05) is 0 Å². The number of aliphatic hydroxyl groups is 2. The summed E-state index contributed by atoms with van der Waals surface area (Å²) in [5.41, 5.74) is -1.16. The van der Waals surface area contributed by atoms with E-state index in [4.69, 9.17) is 9.84 Å². The summed E-state index contributed by atoms with van der Waals surface area (Å²) in [5.74, 6) is -1.73. The van der Waals surface area contributed by atoms with Crippen molar-refractivity contribution < 1.29 is 24.9 Å². The highest BCUT2D eigenvalue weighted by atomic mass is 31.2. The molecule has 5 atom stereocenters. The van der Waals surface area contributed by atoms with E-state index in [1.165, 1.54) is 24.7 Å². The summed E-state index contributed by atoms with van der Waals surface area (Å²) in [6.45, 7) is 4.21. The molecule has 0 aliphatic carbocycles. The first kappa shape index (κ1) is 23.6. The Hall–Kier alpha value is -1.67. The van der Waals surface area contributed by atoms with E-state index in [0.29, 0.717) is 6.42 Å². The van der Waals surface area contributed by atoms with Crippen molar-refractivity contribution in [1.29, 1.82) is 0 Å². The summed E-state index contributed by atoms with van der Waals surface area (Å²) in [7, 11) is 1.47. The SMILES string of the molecule is C=P(C)(C)CCC1OC(c2cn(C)c(=O)n(CCC(C)C(=O)O)c2=O)[C@H](O)[C@@H]1O. The summed E-state index contributed by atoms with van der Waals surface area (Å²) in [6.07, 6.45) is 2.66. The third-order valence-corrected chi connectivity index (χ3v) is 6.72. The fourth-order valence-electron chi connectivity index (χ4n) is 3.31. The Kier molecular flexibility index (Phi) is 7.32. The summed E-state index contributed by atoms with van der Waals surface area (Å²) >= 11 is 0. The van der Waals surface area contributed by atoms with Gasteiger partial charge in [0.15, 0.2) is 0 Å². The standard InChI is InChI=1S/C19H31N2O7P/c1-11(18(25)26)6-8-21-17(24)12(10-20(2)19(21)27)16-15(23)14(22)13(28-16)7-9-29(3,4)5/h10-11,13-16,22-23H,3,6-9H2,1-2,4-5H3,(H,25,26)/t11?,13?,14-,15-,16?/m1/s1. The Morgan fingerprint density at radius 1 is 1.31 bits per heavy atom. The van der Waals surface area contributed by atoms with Crippen molar-refractivity contribution in [3.63, 3.8) is 0 Å². The van der Waals surface area contributed by atoms with Crippen LogP contribution >= 0.6 is 6.89 Å². The number of ether oxygens (including phenoxy) is 1.